The Hall–Kier alpha value is -1.13. The van der Waals surface area contributed by atoms with Gasteiger partial charge in [0.2, 0.25) is 0 Å². The highest BCUT2D eigenvalue weighted by molar-refractivity contribution is 9.09. The molecule has 0 aromatic rings. The van der Waals surface area contributed by atoms with Crippen LogP contribution in [0, 0.1) is 0 Å². The number of hydrogen-bond donors (Lipinski definition) is 0. The maximum atomic E-state index is 11.5. The second kappa shape index (κ2) is 8.30. The van der Waals surface area contributed by atoms with Crippen LogP contribution < -0.4 is 0 Å². The average molecular weight is 424 g/mol. The third-order valence-corrected chi connectivity index (χ3v) is 5.38. The summed E-state index contributed by atoms with van der Waals surface area (Å²) in [5.41, 5.74) is -0.408. The topological polar surface area (TPSA) is 100 Å². The van der Waals surface area contributed by atoms with Crippen molar-refractivity contribution in [3.05, 3.63) is 0 Å². The van der Waals surface area contributed by atoms with E-state index in [-0.39, 0.29) is 6.61 Å². The van der Waals surface area contributed by atoms with Crippen LogP contribution in [0.5, 0.6) is 0 Å². The minimum Gasteiger partial charge on any atom is -0.463 e. The van der Waals surface area contributed by atoms with Gasteiger partial charge >= 0.3 is 17.9 Å². The summed E-state index contributed by atoms with van der Waals surface area (Å²) in [5, 5.41) is 1.32. The van der Waals surface area contributed by atoms with Gasteiger partial charge in [-0.3, -0.25) is 19.4 Å². The van der Waals surface area contributed by atoms with Crippen molar-refractivity contribution in [2.24, 2.45) is 4.99 Å². The molecule has 0 aromatic carbocycles. The highest BCUT2D eigenvalue weighted by Crippen LogP contribution is 2.39. The van der Waals surface area contributed by atoms with E-state index in [4.69, 9.17) is 18.9 Å². The number of carbonyl (C=O) groups excluding carboxylic acids is 3. The van der Waals surface area contributed by atoms with Crippen molar-refractivity contribution in [1.82, 2.24) is 0 Å². The lowest BCUT2D eigenvalue weighted by Gasteiger charge is -2.41. The van der Waals surface area contributed by atoms with Gasteiger partial charge in [0.1, 0.15) is 24.2 Å². The molecule has 0 saturated carbocycles. The Morgan fingerprint density at radius 2 is 1.75 bits per heavy atom. The molecule has 10 heteroatoms. The molecule has 0 amide bonds. The van der Waals surface area contributed by atoms with Crippen LogP contribution >= 0.6 is 27.7 Å². The number of carbonyl (C=O) groups is 3. The fraction of sp³-hybridized carbons (Fsp3) is 0.714. The van der Waals surface area contributed by atoms with Crippen LogP contribution in [0.2, 0.25) is 0 Å². The lowest BCUT2D eigenvalue weighted by Crippen LogP contribution is -2.59. The second-order valence-corrected chi connectivity index (χ2v) is 6.99. The number of alkyl halides is 1. The molecule has 0 aromatic heterocycles. The predicted molar refractivity (Wildman–Crippen MR) is 89.0 cm³/mol. The summed E-state index contributed by atoms with van der Waals surface area (Å²) in [6, 6.07) is -0.496. The summed E-state index contributed by atoms with van der Waals surface area (Å²) < 4.78 is 21.6. The lowest BCUT2D eigenvalue weighted by atomic mass is 9.98. The first-order valence-electron chi connectivity index (χ1n) is 7.24. The fourth-order valence-corrected chi connectivity index (χ4v) is 4.12. The van der Waals surface area contributed by atoms with E-state index >= 15 is 0 Å². The smallest absolute Gasteiger partial charge is 0.303 e. The number of halogens is 1. The van der Waals surface area contributed by atoms with Gasteiger partial charge in [0.15, 0.2) is 12.2 Å². The number of ether oxygens (including phenoxy) is 4. The largest absolute Gasteiger partial charge is 0.463 e. The van der Waals surface area contributed by atoms with Gasteiger partial charge in [-0.15, -0.1) is 0 Å². The Balaban J connectivity index is 2.27. The van der Waals surface area contributed by atoms with Gasteiger partial charge in [0.05, 0.1) is 10.4 Å². The molecule has 8 nitrogen and oxygen atoms in total. The number of thioether (sulfide) groups is 1. The predicted octanol–water partition coefficient (Wildman–Crippen LogP) is 1.05. The lowest BCUT2D eigenvalue weighted by molar-refractivity contribution is -0.208. The van der Waals surface area contributed by atoms with Crippen LogP contribution in [0.1, 0.15) is 20.8 Å². The molecular formula is C14H18BrNO7S. The summed E-state index contributed by atoms with van der Waals surface area (Å²) in [5.74, 6) is -1.55. The van der Waals surface area contributed by atoms with Crippen molar-refractivity contribution in [2.75, 3.05) is 11.9 Å². The molecule has 0 radical (unpaired) electrons. The maximum absolute atomic E-state index is 11.5. The van der Waals surface area contributed by atoms with Gasteiger partial charge in [0, 0.05) is 20.8 Å². The van der Waals surface area contributed by atoms with E-state index in [9.17, 15) is 14.4 Å². The highest BCUT2D eigenvalue weighted by Gasteiger charge is 2.52. The first-order chi connectivity index (χ1) is 11.3. The first kappa shape index (κ1) is 19.2. The van der Waals surface area contributed by atoms with Crippen molar-refractivity contribution in [3.8, 4) is 0 Å². The van der Waals surface area contributed by atoms with Crippen molar-refractivity contribution < 1.29 is 33.3 Å². The fourth-order valence-electron chi connectivity index (χ4n) is 2.52. The molecule has 1 saturated heterocycles. The van der Waals surface area contributed by atoms with E-state index in [0.29, 0.717) is 5.33 Å². The Morgan fingerprint density at radius 3 is 2.29 bits per heavy atom. The van der Waals surface area contributed by atoms with E-state index in [0.717, 1.165) is 5.04 Å². The molecule has 5 atom stereocenters. The molecule has 2 rings (SSSR count). The van der Waals surface area contributed by atoms with E-state index in [1.807, 2.05) is 0 Å². The monoisotopic (exact) mass is 423 g/mol. The van der Waals surface area contributed by atoms with E-state index in [2.05, 4.69) is 20.9 Å². The number of aliphatic imine (C=N–C) groups is 1. The Labute approximate surface area is 151 Å². The second-order valence-electron chi connectivity index (χ2n) is 5.26. The molecule has 2 aliphatic rings. The Bertz CT molecular complexity index is 555. The SMILES string of the molecule is CC(=O)OC[C@H]1OC2SC(CBr)=NC2[C@@H](OC(C)=O)[C@@H]1OC(C)=O. The van der Waals surface area contributed by atoms with Crippen LogP contribution in [-0.4, -0.2) is 64.7 Å². The summed E-state index contributed by atoms with van der Waals surface area (Å²) in [7, 11) is 0. The van der Waals surface area contributed by atoms with Crippen LogP contribution in [0.3, 0.4) is 0 Å². The number of nitrogens with zero attached hydrogens (tertiary/aromatic N) is 1. The van der Waals surface area contributed by atoms with Crippen molar-refractivity contribution >= 4 is 50.6 Å². The zero-order valence-corrected chi connectivity index (χ0v) is 15.8. The molecule has 2 unspecified atom stereocenters. The minimum atomic E-state index is -0.911. The van der Waals surface area contributed by atoms with Gasteiger partial charge in [0.25, 0.3) is 0 Å². The Morgan fingerprint density at radius 1 is 1.12 bits per heavy atom. The summed E-state index contributed by atoms with van der Waals surface area (Å²) in [6.45, 7) is 3.68. The van der Waals surface area contributed by atoms with Gasteiger partial charge in [-0.25, -0.2) is 0 Å². The number of hydrogen-bond acceptors (Lipinski definition) is 9. The molecule has 134 valence electrons. The molecule has 2 heterocycles. The highest BCUT2D eigenvalue weighted by atomic mass is 79.9. The summed E-state index contributed by atoms with van der Waals surface area (Å²) in [6.07, 6.45) is -2.47. The summed E-state index contributed by atoms with van der Waals surface area (Å²) in [4.78, 5) is 38.5. The Kier molecular flexibility index (Phi) is 6.64. The zero-order valence-electron chi connectivity index (χ0n) is 13.4. The zero-order chi connectivity index (χ0) is 17.9. The van der Waals surface area contributed by atoms with E-state index < -0.39 is 47.7 Å². The van der Waals surface area contributed by atoms with E-state index in [1.54, 1.807) is 0 Å². The third kappa shape index (κ3) is 4.70. The average Bonchev–Trinajstić information content (AvgIpc) is 2.89. The van der Waals surface area contributed by atoms with Gasteiger partial charge in [-0.05, 0) is 0 Å². The molecule has 0 aliphatic carbocycles. The van der Waals surface area contributed by atoms with Crippen LogP contribution in [0.15, 0.2) is 4.99 Å². The van der Waals surface area contributed by atoms with Gasteiger partial charge in [-0.2, -0.15) is 0 Å². The van der Waals surface area contributed by atoms with Crippen LogP contribution in [0.25, 0.3) is 0 Å². The number of fused-ring (bicyclic) bond motifs is 1. The molecule has 2 aliphatic heterocycles. The third-order valence-electron chi connectivity index (χ3n) is 3.33. The van der Waals surface area contributed by atoms with Crippen molar-refractivity contribution in [1.29, 1.82) is 0 Å². The summed E-state index contributed by atoms with van der Waals surface area (Å²) >= 11 is 4.72. The molecule has 0 spiro atoms. The molecule has 1 fully saturated rings. The van der Waals surface area contributed by atoms with E-state index in [1.165, 1.54) is 32.5 Å². The molecule has 0 N–H and O–H groups in total. The number of esters is 3. The quantitative estimate of drug-likeness (QED) is 0.367. The van der Waals surface area contributed by atoms with Crippen LogP contribution in [0.4, 0.5) is 0 Å². The van der Waals surface area contributed by atoms with Crippen molar-refractivity contribution in [2.45, 2.75) is 50.6 Å². The minimum absolute atomic E-state index is 0.113. The van der Waals surface area contributed by atoms with Crippen molar-refractivity contribution in [3.63, 3.8) is 0 Å². The van der Waals surface area contributed by atoms with Gasteiger partial charge < -0.3 is 18.9 Å². The number of rotatable bonds is 5. The first-order valence-corrected chi connectivity index (χ1v) is 9.24. The maximum Gasteiger partial charge on any atom is 0.303 e. The molecule has 0 bridgehead atoms. The van der Waals surface area contributed by atoms with Gasteiger partial charge in [-0.1, -0.05) is 27.7 Å². The standard InChI is InChI=1S/C14H18BrNO7S/c1-6(17)20-5-9-12(21-7(2)18)13(22-8(3)19)11-14(23-9)24-10(4-15)16-11/h9,11-14H,4-5H2,1-3H3/t9-,11?,12-,13-,14?/m1/s1. The molecular weight excluding hydrogens is 406 g/mol. The molecule has 24 heavy (non-hydrogen) atoms. The normalized spacial score (nSPS) is 31.7. The van der Waals surface area contributed by atoms with Crippen LogP contribution in [-0.2, 0) is 33.3 Å².